The third-order valence-corrected chi connectivity index (χ3v) is 5.38. The van der Waals surface area contributed by atoms with Crippen molar-refractivity contribution in [3.05, 3.63) is 29.3 Å². The molecule has 0 radical (unpaired) electrons. The van der Waals surface area contributed by atoms with E-state index in [0.29, 0.717) is 17.0 Å². The number of carbonyl (C=O) groups excluding carboxylic acids is 1. The van der Waals surface area contributed by atoms with Crippen LogP contribution in [-0.4, -0.2) is 45.7 Å². The van der Waals surface area contributed by atoms with Gasteiger partial charge in [0.05, 0.1) is 18.2 Å². The Morgan fingerprint density at radius 1 is 1.17 bits per heavy atom. The Labute approximate surface area is 174 Å². The smallest absolute Gasteiger partial charge is 0.339 e. The molecule has 1 aliphatic heterocycles. The molecule has 1 aromatic rings. The highest BCUT2D eigenvalue weighted by atomic mass is 16.7. The van der Waals surface area contributed by atoms with Crippen LogP contribution >= 0.6 is 0 Å². The van der Waals surface area contributed by atoms with Crippen molar-refractivity contribution in [2.45, 2.75) is 58.7 Å². The van der Waals surface area contributed by atoms with Crippen LogP contribution < -0.4 is 4.90 Å². The zero-order valence-corrected chi connectivity index (χ0v) is 18.0. The molecule has 0 aromatic heterocycles. The van der Waals surface area contributed by atoms with Crippen LogP contribution in [0.3, 0.4) is 0 Å². The number of esters is 1. The van der Waals surface area contributed by atoms with Crippen molar-refractivity contribution in [1.82, 2.24) is 0 Å². The summed E-state index contributed by atoms with van der Waals surface area (Å²) in [5.74, 6) is -0.104. The summed E-state index contributed by atoms with van der Waals surface area (Å²) in [4.78, 5) is 14.1. The normalized spacial score (nSPS) is 14.8. The second-order valence-corrected chi connectivity index (χ2v) is 7.47. The standard InChI is InChI=1S/C23H34N2O4/c1-4-6-14-28-23(29-15-7-5-2)18-10-12-25(13-11-18)20-8-9-21(22(26)27-3)19(16-20)17-24/h8-9,16,18,23H,4-7,10-15H2,1-3H3. The summed E-state index contributed by atoms with van der Waals surface area (Å²) < 4.78 is 16.9. The number of nitriles is 1. The molecule has 1 aromatic carbocycles. The summed E-state index contributed by atoms with van der Waals surface area (Å²) in [6, 6.07) is 7.45. The molecule has 0 amide bonds. The van der Waals surface area contributed by atoms with E-state index in [1.807, 2.05) is 6.07 Å². The lowest BCUT2D eigenvalue weighted by Crippen LogP contribution is -2.40. The van der Waals surface area contributed by atoms with Gasteiger partial charge in [-0.05, 0) is 43.9 Å². The SMILES string of the molecule is CCCCOC(OCCCC)C1CCN(c2ccc(C(=O)OC)c(C#N)c2)CC1. The maximum absolute atomic E-state index is 11.8. The third-order valence-electron chi connectivity index (χ3n) is 5.38. The molecule has 0 unspecified atom stereocenters. The number of piperidine rings is 1. The first kappa shape index (κ1) is 23.2. The van der Waals surface area contributed by atoms with Gasteiger partial charge in [0.1, 0.15) is 6.07 Å². The van der Waals surface area contributed by atoms with E-state index < -0.39 is 5.97 Å². The van der Waals surface area contributed by atoms with Crippen molar-refractivity contribution in [1.29, 1.82) is 5.26 Å². The molecule has 6 nitrogen and oxygen atoms in total. The lowest BCUT2D eigenvalue weighted by atomic mass is 9.95. The van der Waals surface area contributed by atoms with Gasteiger partial charge in [0.2, 0.25) is 0 Å². The van der Waals surface area contributed by atoms with Crippen LogP contribution in [0.1, 0.15) is 68.3 Å². The number of hydrogen-bond acceptors (Lipinski definition) is 6. The van der Waals surface area contributed by atoms with Crippen LogP contribution in [0.5, 0.6) is 0 Å². The lowest BCUT2D eigenvalue weighted by molar-refractivity contribution is -0.177. The number of hydrogen-bond donors (Lipinski definition) is 0. The van der Waals surface area contributed by atoms with Crippen molar-refractivity contribution in [3.63, 3.8) is 0 Å². The minimum Gasteiger partial charge on any atom is -0.465 e. The number of rotatable bonds is 11. The van der Waals surface area contributed by atoms with Gasteiger partial charge in [-0.3, -0.25) is 0 Å². The number of nitrogens with zero attached hydrogens (tertiary/aromatic N) is 2. The molecule has 2 rings (SSSR count). The van der Waals surface area contributed by atoms with Gasteiger partial charge in [0.15, 0.2) is 6.29 Å². The van der Waals surface area contributed by atoms with Crippen LogP contribution in [0, 0.1) is 17.2 Å². The molecule has 6 heteroatoms. The van der Waals surface area contributed by atoms with E-state index in [2.05, 4.69) is 24.8 Å². The fourth-order valence-electron chi connectivity index (χ4n) is 3.55. The topological polar surface area (TPSA) is 71.8 Å². The van der Waals surface area contributed by atoms with Crippen molar-refractivity contribution in [2.24, 2.45) is 5.92 Å². The molecule has 1 heterocycles. The third kappa shape index (κ3) is 6.73. The molecule has 0 bridgehead atoms. The summed E-state index contributed by atoms with van der Waals surface area (Å²) in [6.45, 7) is 7.56. The second kappa shape index (κ2) is 12.5. The average molecular weight is 403 g/mol. The van der Waals surface area contributed by atoms with Crippen LogP contribution in [0.2, 0.25) is 0 Å². The predicted molar refractivity (Wildman–Crippen MR) is 113 cm³/mol. The zero-order valence-electron chi connectivity index (χ0n) is 18.0. The Kier molecular flexibility index (Phi) is 9.96. The first-order valence-electron chi connectivity index (χ1n) is 10.7. The molecule has 0 saturated carbocycles. The minimum atomic E-state index is -0.483. The molecule has 160 valence electrons. The molecular formula is C23H34N2O4. The summed E-state index contributed by atoms with van der Waals surface area (Å²) in [6.07, 6.45) is 6.15. The average Bonchev–Trinajstić information content (AvgIpc) is 2.77. The number of benzene rings is 1. The fraction of sp³-hybridized carbons (Fsp3) is 0.652. The monoisotopic (exact) mass is 402 g/mol. The van der Waals surface area contributed by atoms with Gasteiger partial charge in [-0.2, -0.15) is 5.26 Å². The Balaban J connectivity index is 1.98. The van der Waals surface area contributed by atoms with Crippen LogP contribution in [-0.2, 0) is 14.2 Å². The first-order valence-corrected chi connectivity index (χ1v) is 10.7. The number of carbonyl (C=O) groups is 1. The van der Waals surface area contributed by atoms with Crippen molar-refractivity contribution < 1.29 is 19.0 Å². The van der Waals surface area contributed by atoms with E-state index in [9.17, 15) is 10.1 Å². The Hall–Kier alpha value is -2.10. The van der Waals surface area contributed by atoms with Gasteiger partial charge in [-0.1, -0.05) is 26.7 Å². The zero-order chi connectivity index (χ0) is 21.1. The molecule has 0 aliphatic carbocycles. The maximum Gasteiger partial charge on any atom is 0.339 e. The molecular weight excluding hydrogens is 368 g/mol. The summed E-state index contributed by atoms with van der Waals surface area (Å²) in [5.41, 5.74) is 1.62. The minimum absolute atomic E-state index is 0.133. The van der Waals surface area contributed by atoms with E-state index in [1.165, 1.54) is 7.11 Å². The highest BCUT2D eigenvalue weighted by Gasteiger charge is 2.28. The summed E-state index contributed by atoms with van der Waals surface area (Å²) in [7, 11) is 1.32. The molecule has 1 saturated heterocycles. The molecule has 1 fully saturated rings. The second-order valence-electron chi connectivity index (χ2n) is 7.47. The highest BCUT2D eigenvalue weighted by Crippen LogP contribution is 2.29. The maximum atomic E-state index is 11.8. The van der Waals surface area contributed by atoms with Gasteiger partial charge in [-0.15, -0.1) is 0 Å². The Morgan fingerprint density at radius 2 is 1.79 bits per heavy atom. The van der Waals surface area contributed by atoms with E-state index in [4.69, 9.17) is 14.2 Å². The molecule has 0 N–H and O–H groups in total. The van der Waals surface area contributed by atoms with Crippen molar-refractivity contribution >= 4 is 11.7 Å². The number of methoxy groups -OCH3 is 1. The molecule has 0 atom stereocenters. The number of ether oxygens (including phenoxy) is 3. The van der Waals surface area contributed by atoms with Crippen LogP contribution in [0.25, 0.3) is 0 Å². The fourth-order valence-corrected chi connectivity index (χ4v) is 3.55. The Bertz CT molecular complexity index is 668. The van der Waals surface area contributed by atoms with Gasteiger partial charge in [-0.25, -0.2) is 4.79 Å². The largest absolute Gasteiger partial charge is 0.465 e. The van der Waals surface area contributed by atoms with Gasteiger partial charge < -0.3 is 19.1 Å². The van der Waals surface area contributed by atoms with Gasteiger partial charge in [0, 0.05) is 37.9 Å². The number of unbranched alkanes of at least 4 members (excludes halogenated alkanes) is 2. The van der Waals surface area contributed by atoms with E-state index >= 15 is 0 Å². The summed E-state index contributed by atoms with van der Waals surface area (Å²) >= 11 is 0. The highest BCUT2D eigenvalue weighted by molar-refractivity contribution is 5.92. The van der Waals surface area contributed by atoms with Crippen molar-refractivity contribution in [3.8, 4) is 6.07 Å². The van der Waals surface area contributed by atoms with Crippen molar-refractivity contribution in [2.75, 3.05) is 38.3 Å². The van der Waals surface area contributed by atoms with E-state index in [0.717, 1.165) is 70.5 Å². The predicted octanol–water partition coefficient (Wildman–Crippen LogP) is 4.52. The van der Waals surface area contributed by atoms with E-state index in [-0.39, 0.29) is 6.29 Å². The van der Waals surface area contributed by atoms with Gasteiger partial charge >= 0.3 is 5.97 Å². The van der Waals surface area contributed by atoms with Crippen LogP contribution in [0.4, 0.5) is 5.69 Å². The number of anilines is 1. The molecule has 29 heavy (non-hydrogen) atoms. The van der Waals surface area contributed by atoms with Gasteiger partial charge in [0.25, 0.3) is 0 Å². The Morgan fingerprint density at radius 3 is 2.31 bits per heavy atom. The molecule has 0 spiro atoms. The lowest BCUT2D eigenvalue weighted by Gasteiger charge is -2.37. The van der Waals surface area contributed by atoms with Crippen LogP contribution in [0.15, 0.2) is 18.2 Å². The van der Waals surface area contributed by atoms with E-state index in [1.54, 1.807) is 12.1 Å². The summed E-state index contributed by atoms with van der Waals surface area (Å²) in [5, 5.41) is 9.40. The quantitative estimate of drug-likeness (QED) is 0.308. The first-order chi connectivity index (χ1) is 14.1. The molecule has 1 aliphatic rings.